The smallest absolute Gasteiger partial charge is 0.193 e. The summed E-state index contributed by atoms with van der Waals surface area (Å²) < 4.78 is 0.840. The molecular weight excluding hydrogens is 326 g/mol. The van der Waals surface area contributed by atoms with Crippen LogP contribution >= 0.6 is 15.9 Å². The fourth-order valence-electron chi connectivity index (χ4n) is 2.97. The minimum Gasteiger partial charge on any atom is -0.398 e. The Kier molecular flexibility index (Phi) is 3.85. The molecule has 0 aromatic heterocycles. The van der Waals surface area contributed by atoms with Gasteiger partial charge in [0.15, 0.2) is 5.78 Å². The zero-order valence-corrected chi connectivity index (χ0v) is 13.7. The highest BCUT2D eigenvalue weighted by Gasteiger charge is 2.17. The topological polar surface area (TPSA) is 43.1 Å². The SMILES string of the molecule is Cc1c(N)cc(Br)cc1C(=O)c1ccc2c(c1)CCCC2. The van der Waals surface area contributed by atoms with Crippen molar-refractivity contribution >= 4 is 27.4 Å². The van der Waals surface area contributed by atoms with E-state index in [0.717, 1.165) is 28.4 Å². The number of hydrogen-bond acceptors (Lipinski definition) is 2. The molecule has 2 nitrogen and oxygen atoms in total. The summed E-state index contributed by atoms with van der Waals surface area (Å²) in [6.45, 7) is 1.90. The van der Waals surface area contributed by atoms with Crippen molar-refractivity contribution in [1.82, 2.24) is 0 Å². The minimum atomic E-state index is 0.0499. The standard InChI is InChI=1S/C18H18BrNO/c1-11-16(9-15(19)10-17(11)20)18(21)14-7-6-12-4-2-3-5-13(12)8-14/h6-10H,2-5,20H2,1H3. The van der Waals surface area contributed by atoms with Gasteiger partial charge in [0.2, 0.25) is 0 Å². The molecule has 0 unspecified atom stereocenters. The Labute approximate surface area is 133 Å². The van der Waals surface area contributed by atoms with Crippen LogP contribution in [0.2, 0.25) is 0 Å². The molecular formula is C18H18BrNO. The van der Waals surface area contributed by atoms with E-state index < -0.39 is 0 Å². The highest BCUT2D eigenvalue weighted by Crippen LogP contribution is 2.27. The maximum atomic E-state index is 12.8. The molecule has 0 bridgehead atoms. The van der Waals surface area contributed by atoms with Gasteiger partial charge in [-0.1, -0.05) is 28.1 Å². The summed E-state index contributed by atoms with van der Waals surface area (Å²) in [5.41, 5.74) is 11.6. The summed E-state index contributed by atoms with van der Waals surface area (Å²) >= 11 is 3.42. The summed E-state index contributed by atoms with van der Waals surface area (Å²) in [7, 11) is 0. The van der Waals surface area contributed by atoms with Crippen molar-refractivity contribution in [2.75, 3.05) is 5.73 Å². The number of carbonyl (C=O) groups excluding carboxylic acids is 1. The van der Waals surface area contributed by atoms with Gasteiger partial charge in [0.1, 0.15) is 0 Å². The van der Waals surface area contributed by atoms with E-state index in [-0.39, 0.29) is 5.78 Å². The third-order valence-corrected chi connectivity index (χ3v) is 4.73. The summed E-state index contributed by atoms with van der Waals surface area (Å²) in [6, 6.07) is 9.81. The molecule has 0 spiro atoms. The van der Waals surface area contributed by atoms with E-state index in [2.05, 4.69) is 28.1 Å². The Morgan fingerprint density at radius 3 is 2.57 bits per heavy atom. The number of aryl methyl sites for hydroxylation is 2. The molecule has 0 saturated heterocycles. The normalized spacial score (nSPS) is 13.8. The average Bonchev–Trinajstić information content (AvgIpc) is 2.49. The van der Waals surface area contributed by atoms with Gasteiger partial charge in [-0.15, -0.1) is 0 Å². The number of hydrogen-bond donors (Lipinski definition) is 1. The average molecular weight is 344 g/mol. The minimum absolute atomic E-state index is 0.0499. The van der Waals surface area contributed by atoms with Gasteiger partial charge >= 0.3 is 0 Å². The summed E-state index contributed by atoms with van der Waals surface area (Å²) in [5.74, 6) is 0.0499. The molecule has 0 heterocycles. The summed E-state index contributed by atoms with van der Waals surface area (Å²) in [5, 5.41) is 0. The van der Waals surface area contributed by atoms with Crippen molar-refractivity contribution in [2.45, 2.75) is 32.6 Å². The number of rotatable bonds is 2. The predicted molar refractivity (Wildman–Crippen MR) is 89.8 cm³/mol. The van der Waals surface area contributed by atoms with E-state index in [9.17, 15) is 4.79 Å². The fraction of sp³-hybridized carbons (Fsp3) is 0.278. The van der Waals surface area contributed by atoms with Crippen LogP contribution in [0.3, 0.4) is 0 Å². The first-order valence-electron chi connectivity index (χ1n) is 7.28. The number of ketones is 1. The monoisotopic (exact) mass is 343 g/mol. The Hall–Kier alpha value is -1.61. The first kappa shape index (κ1) is 14.3. The summed E-state index contributed by atoms with van der Waals surface area (Å²) in [4.78, 5) is 12.8. The molecule has 0 saturated carbocycles. The van der Waals surface area contributed by atoms with Crippen molar-refractivity contribution in [2.24, 2.45) is 0 Å². The van der Waals surface area contributed by atoms with Gasteiger partial charge in [-0.3, -0.25) is 4.79 Å². The van der Waals surface area contributed by atoms with Gasteiger partial charge in [0.05, 0.1) is 0 Å². The molecule has 2 aromatic carbocycles. The highest BCUT2D eigenvalue weighted by atomic mass is 79.9. The largest absolute Gasteiger partial charge is 0.398 e. The first-order valence-corrected chi connectivity index (χ1v) is 8.07. The number of anilines is 1. The molecule has 2 N–H and O–H groups in total. The van der Waals surface area contributed by atoms with Crippen LogP contribution in [0.5, 0.6) is 0 Å². The van der Waals surface area contributed by atoms with Gasteiger partial charge in [-0.25, -0.2) is 0 Å². The number of fused-ring (bicyclic) bond motifs is 1. The molecule has 21 heavy (non-hydrogen) atoms. The third kappa shape index (κ3) is 2.75. The van der Waals surface area contributed by atoms with Crippen LogP contribution in [0.4, 0.5) is 5.69 Å². The molecule has 3 rings (SSSR count). The van der Waals surface area contributed by atoms with Gasteiger partial charge in [-0.05, 0) is 67.5 Å². The molecule has 108 valence electrons. The fourth-order valence-corrected chi connectivity index (χ4v) is 3.44. The van der Waals surface area contributed by atoms with E-state index in [1.54, 1.807) is 0 Å². The van der Waals surface area contributed by atoms with Gasteiger partial charge in [-0.2, -0.15) is 0 Å². The summed E-state index contributed by atoms with van der Waals surface area (Å²) in [6.07, 6.45) is 4.68. The molecule has 1 aliphatic rings. The van der Waals surface area contributed by atoms with Gasteiger partial charge in [0, 0.05) is 21.3 Å². The van der Waals surface area contributed by atoms with Crippen LogP contribution in [-0.2, 0) is 12.8 Å². The Morgan fingerprint density at radius 1 is 1.10 bits per heavy atom. The Balaban J connectivity index is 2.03. The molecule has 0 amide bonds. The number of carbonyl (C=O) groups is 1. The Morgan fingerprint density at radius 2 is 1.81 bits per heavy atom. The lowest BCUT2D eigenvalue weighted by Gasteiger charge is -2.16. The van der Waals surface area contributed by atoms with Crippen molar-refractivity contribution in [3.05, 3.63) is 62.6 Å². The van der Waals surface area contributed by atoms with E-state index >= 15 is 0 Å². The van der Waals surface area contributed by atoms with Crippen LogP contribution in [0.1, 0.15) is 45.5 Å². The lowest BCUT2D eigenvalue weighted by atomic mass is 9.88. The van der Waals surface area contributed by atoms with E-state index in [1.807, 2.05) is 25.1 Å². The molecule has 0 aliphatic heterocycles. The van der Waals surface area contributed by atoms with Crippen LogP contribution in [0.15, 0.2) is 34.8 Å². The third-order valence-electron chi connectivity index (χ3n) is 4.27. The number of nitrogens with two attached hydrogens (primary N) is 1. The second-order valence-electron chi connectivity index (χ2n) is 5.69. The molecule has 0 fully saturated rings. The highest BCUT2D eigenvalue weighted by molar-refractivity contribution is 9.10. The lowest BCUT2D eigenvalue weighted by molar-refractivity contribution is 0.103. The maximum Gasteiger partial charge on any atom is 0.193 e. The van der Waals surface area contributed by atoms with Gasteiger partial charge in [0.25, 0.3) is 0 Å². The molecule has 3 heteroatoms. The van der Waals surface area contributed by atoms with Crippen molar-refractivity contribution in [3.63, 3.8) is 0 Å². The second kappa shape index (κ2) is 5.64. The maximum absolute atomic E-state index is 12.8. The van der Waals surface area contributed by atoms with Crippen molar-refractivity contribution in [3.8, 4) is 0 Å². The predicted octanol–water partition coefficient (Wildman–Crippen LogP) is 4.45. The quantitative estimate of drug-likeness (QED) is 0.646. The van der Waals surface area contributed by atoms with Gasteiger partial charge < -0.3 is 5.73 Å². The number of halogens is 1. The van der Waals surface area contributed by atoms with Crippen LogP contribution in [-0.4, -0.2) is 5.78 Å². The van der Waals surface area contributed by atoms with E-state index in [4.69, 9.17) is 5.73 Å². The van der Waals surface area contributed by atoms with E-state index in [1.165, 1.54) is 24.0 Å². The van der Waals surface area contributed by atoms with E-state index in [0.29, 0.717) is 11.3 Å². The molecule has 1 aliphatic carbocycles. The first-order chi connectivity index (χ1) is 10.1. The zero-order valence-electron chi connectivity index (χ0n) is 12.1. The zero-order chi connectivity index (χ0) is 15.0. The van der Waals surface area contributed by atoms with Crippen LogP contribution in [0, 0.1) is 6.92 Å². The second-order valence-corrected chi connectivity index (χ2v) is 6.60. The number of benzene rings is 2. The van der Waals surface area contributed by atoms with Crippen LogP contribution < -0.4 is 5.73 Å². The molecule has 2 aromatic rings. The van der Waals surface area contributed by atoms with Crippen molar-refractivity contribution < 1.29 is 4.79 Å². The van der Waals surface area contributed by atoms with Crippen molar-refractivity contribution in [1.29, 1.82) is 0 Å². The molecule has 0 atom stereocenters. The molecule has 0 radical (unpaired) electrons. The Bertz CT molecular complexity index is 721. The van der Waals surface area contributed by atoms with Crippen LogP contribution in [0.25, 0.3) is 0 Å². The number of nitrogen functional groups attached to an aromatic ring is 1. The lowest BCUT2D eigenvalue weighted by Crippen LogP contribution is -2.09.